The third-order valence-corrected chi connectivity index (χ3v) is 6.91. The van der Waals surface area contributed by atoms with Crippen LogP contribution in [-0.2, 0) is 9.53 Å². The van der Waals surface area contributed by atoms with E-state index in [1.807, 2.05) is 12.1 Å². The molecule has 1 N–H and O–H groups in total. The van der Waals surface area contributed by atoms with Crippen LogP contribution in [0.1, 0.15) is 10.9 Å². The first kappa shape index (κ1) is 19.5. The Bertz CT molecular complexity index is 908. The largest absolute Gasteiger partial charge is 0.379 e. The molecule has 6 heteroatoms. The molecule has 1 amide bonds. The molecule has 1 saturated heterocycles. The smallest absolute Gasteiger partial charge is 0.230 e. The van der Waals surface area contributed by atoms with Crippen molar-refractivity contribution in [2.24, 2.45) is 0 Å². The molecule has 1 atom stereocenters. The number of carbonyl (C=O) groups is 1. The average Bonchev–Trinajstić information content (AvgIpc) is 3.27. The van der Waals surface area contributed by atoms with Gasteiger partial charge in [-0.3, -0.25) is 9.69 Å². The van der Waals surface area contributed by atoms with Crippen LogP contribution < -0.4 is 5.32 Å². The number of nitrogens with zero attached hydrogens (tertiary/aromatic N) is 1. The van der Waals surface area contributed by atoms with Crippen molar-refractivity contribution >= 4 is 39.8 Å². The molecule has 28 heavy (non-hydrogen) atoms. The summed E-state index contributed by atoms with van der Waals surface area (Å²) in [6, 6.07) is 19.1. The molecule has 1 aromatic heterocycles. The van der Waals surface area contributed by atoms with E-state index < -0.39 is 0 Å². The van der Waals surface area contributed by atoms with Gasteiger partial charge in [0.1, 0.15) is 0 Å². The van der Waals surface area contributed by atoms with Gasteiger partial charge in [-0.05, 0) is 34.4 Å². The predicted molar refractivity (Wildman–Crippen MR) is 117 cm³/mol. The number of rotatable bonds is 7. The number of hydrogen-bond donors (Lipinski definition) is 1. The first-order valence-electron chi connectivity index (χ1n) is 9.53. The van der Waals surface area contributed by atoms with Gasteiger partial charge in [0.15, 0.2) is 0 Å². The van der Waals surface area contributed by atoms with Gasteiger partial charge < -0.3 is 10.1 Å². The summed E-state index contributed by atoms with van der Waals surface area (Å²) >= 11 is 3.33. The van der Waals surface area contributed by atoms with Crippen molar-refractivity contribution in [2.45, 2.75) is 10.9 Å². The number of hydrogen-bond acceptors (Lipinski definition) is 5. The Labute approximate surface area is 173 Å². The van der Waals surface area contributed by atoms with Gasteiger partial charge in [0.25, 0.3) is 0 Å². The fourth-order valence-corrected chi connectivity index (χ4v) is 5.08. The second kappa shape index (κ2) is 9.56. The number of nitrogens with one attached hydrogen (secondary N) is 1. The summed E-state index contributed by atoms with van der Waals surface area (Å²) in [6.07, 6.45) is 0. The monoisotopic (exact) mass is 412 g/mol. The van der Waals surface area contributed by atoms with Crippen molar-refractivity contribution < 1.29 is 9.53 Å². The van der Waals surface area contributed by atoms with Crippen LogP contribution in [0.3, 0.4) is 0 Å². The number of ether oxygens (including phenoxy) is 1. The van der Waals surface area contributed by atoms with Gasteiger partial charge in [-0.1, -0.05) is 36.4 Å². The maximum atomic E-state index is 12.5. The van der Waals surface area contributed by atoms with E-state index in [1.54, 1.807) is 23.1 Å². The summed E-state index contributed by atoms with van der Waals surface area (Å²) in [5.74, 6) is 0.506. The maximum absolute atomic E-state index is 12.5. The second-order valence-corrected chi connectivity index (χ2v) is 8.81. The van der Waals surface area contributed by atoms with Gasteiger partial charge in [-0.2, -0.15) is 0 Å². The molecule has 0 spiro atoms. The molecule has 2 heterocycles. The summed E-state index contributed by atoms with van der Waals surface area (Å²) < 4.78 is 5.48. The van der Waals surface area contributed by atoms with Crippen molar-refractivity contribution in [1.29, 1.82) is 0 Å². The molecule has 4 nitrogen and oxygen atoms in total. The normalized spacial score (nSPS) is 16.1. The molecule has 1 aliphatic heterocycles. The highest BCUT2D eigenvalue weighted by Gasteiger charge is 2.23. The van der Waals surface area contributed by atoms with Gasteiger partial charge in [-0.15, -0.1) is 23.1 Å². The summed E-state index contributed by atoms with van der Waals surface area (Å²) in [4.78, 5) is 17.3. The minimum absolute atomic E-state index is 0.0768. The van der Waals surface area contributed by atoms with E-state index in [4.69, 9.17) is 4.74 Å². The van der Waals surface area contributed by atoms with Crippen molar-refractivity contribution in [1.82, 2.24) is 10.2 Å². The van der Waals surface area contributed by atoms with E-state index in [1.165, 1.54) is 15.6 Å². The Morgan fingerprint density at radius 3 is 2.71 bits per heavy atom. The van der Waals surface area contributed by atoms with Gasteiger partial charge in [0, 0.05) is 29.4 Å². The van der Waals surface area contributed by atoms with Crippen LogP contribution in [-0.4, -0.2) is 49.4 Å². The van der Waals surface area contributed by atoms with Crippen LogP contribution in [0.2, 0.25) is 0 Å². The molecule has 1 fully saturated rings. The number of fused-ring (bicyclic) bond motifs is 1. The molecule has 3 aromatic rings. The number of thiophene rings is 1. The Balaban J connectivity index is 1.32. The molecule has 4 rings (SSSR count). The highest BCUT2D eigenvalue weighted by Crippen LogP contribution is 2.26. The van der Waals surface area contributed by atoms with Gasteiger partial charge in [0.2, 0.25) is 5.91 Å². The summed E-state index contributed by atoms with van der Waals surface area (Å²) in [7, 11) is 0. The van der Waals surface area contributed by atoms with Crippen LogP contribution in [0.15, 0.2) is 64.9 Å². The highest BCUT2D eigenvalue weighted by molar-refractivity contribution is 8.00. The first-order chi connectivity index (χ1) is 13.8. The zero-order valence-electron chi connectivity index (χ0n) is 15.7. The zero-order chi connectivity index (χ0) is 19.2. The molecule has 1 unspecified atom stereocenters. The van der Waals surface area contributed by atoms with Crippen molar-refractivity contribution in [3.05, 3.63) is 64.9 Å². The Morgan fingerprint density at radius 2 is 1.93 bits per heavy atom. The van der Waals surface area contributed by atoms with Crippen LogP contribution >= 0.6 is 23.1 Å². The third kappa shape index (κ3) is 4.94. The average molecular weight is 413 g/mol. The summed E-state index contributed by atoms with van der Waals surface area (Å²) in [6.45, 7) is 3.97. The minimum Gasteiger partial charge on any atom is -0.379 e. The van der Waals surface area contributed by atoms with Gasteiger partial charge in [-0.25, -0.2) is 0 Å². The molecular weight excluding hydrogens is 388 g/mol. The Morgan fingerprint density at radius 1 is 1.11 bits per heavy atom. The molecule has 0 aliphatic carbocycles. The number of thioether (sulfide) groups is 1. The van der Waals surface area contributed by atoms with Crippen LogP contribution in [0.4, 0.5) is 0 Å². The predicted octanol–water partition coefficient (Wildman–Crippen LogP) is 4.18. The minimum atomic E-state index is 0.0768. The molecule has 146 valence electrons. The van der Waals surface area contributed by atoms with Crippen molar-refractivity contribution in [3.63, 3.8) is 0 Å². The molecule has 0 radical (unpaired) electrons. The number of benzene rings is 2. The standard InChI is InChI=1S/C22H24N2O2S2/c25-22(16-28-19-8-7-17-4-1-2-5-18(17)14-19)23-15-20(21-6-3-13-27-21)24-9-11-26-12-10-24/h1-8,13-14,20H,9-12,15-16H2,(H,23,25). The highest BCUT2D eigenvalue weighted by atomic mass is 32.2. The quantitative estimate of drug-likeness (QED) is 0.591. The van der Waals surface area contributed by atoms with Crippen LogP contribution in [0.5, 0.6) is 0 Å². The topological polar surface area (TPSA) is 41.6 Å². The fraction of sp³-hybridized carbons (Fsp3) is 0.318. The lowest BCUT2D eigenvalue weighted by atomic mass is 10.1. The van der Waals surface area contributed by atoms with E-state index in [-0.39, 0.29) is 11.9 Å². The van der Waals surface area contributed by atoms with E-state index in [0.717, 1.165) is 31.2 Å². The van der Waals surface area contributed by atoms with Crippen molar-refractivity contribution in [3.8, 4) is 0 Å². The van der Waals surface area contributed by atoms with Crippen molar-refractivity contribution in [2.75, 3.05) is 38.6 Å². The van der Waals surface area contributed by atoms with E-state index >= 15 is 0 Å². The molecule has 0 bridgehead atoms. The fourth-order valence-electron chi connectivity index (χ4n) is 3.45. The molecule has 1 aliphatic rings. The summed E-state index contributed by atoms with van der Waals surface area (Å²) in [5, 5.41) is 7.67. The van der Waals surface area contributed by atoms with E-state index in [9.17, 15) is 4.79 Å². The van der Waals surface area contributed by atoms with E-state index in [0.29, 0.717) is 12.3 Å². The molecule has 0 saturated carbocycles. The summed E-state index contributed by atoms with van der Waals surface area (Å²) in [5.41, 5.74) is 0. The lowest BCUT2D eigenvalue weighted by Gasteiger charge is -2.34. The van der Waals surface area contributed by atoms with Crippen LogP contribution in [0, 0.1) is 0 Å². The Kier molecular flexibility index (Phi) is 6.65. The SMILES string of the molecule is O=C(CSc1ccc2ccccc2c1)NCC(c1cccs1)N1CCOCC1. The lowest BCUT2D eigenvalue weighted by Crippen LogP contribution is -2.43. The number of carbonyl (C=O) groups excluding carboxylic acids is 1. The lowest BCUT2D eigenvalue weighted by molar-refractivity contribution is -0.118. The third-order valence-electron chi connectivity index (χ3n) is 4.94. The van der Waals surface area contributed by atoms with Crippen LogP contribution in [0.25, 0.3) is 10.8 Å². The number of morpholine rings is 1. The number of amides is 1. The van der Waals surface area contributed by atoms with E-state index in [2.05, 4.69) is 58.1 Å². The Hall–Kier alpha value is -1.86. The van der Waals surface area contributed by atoms with Gasteiger partial charge >= 0.3 is 0 Å². The van der Waals surface area contributed by atoms with Gasteiger partial charge in [0.05, 0.1) is 25.0 Å². The first-order valence-corrected chi connectivity index (χ1v) is 11.4. The zero-order valence-corrected chi connectivity index (χ0v) is 17.3. The maximum Gasteiger partial charge on any atom is 0.230 e. The second-order valence-electron chi connectivity index (χ2n) is 6.78. The molecular formula is C22H24N2O2S2. The molecule has 2 aromatic carbocycles.